The molecule has 0 aliphatic rings. The van der Waals surface area contributed by atoms with Crippen molar-refractivity contribution in [2.24, 2.45) is 0 Å². The summed E-state index contributed by atoms with van der Waals surface area (Å²) in [6, 6.07) is 0. The third-order valence-electron chi connectivity index (χ3n) is 0.612. The van der Waals surface area contributed by atoms with Crippen LogP contribution in [0.5, 0.6) is 0 Å². The molecule has 0 aromatic heterocycles. The van der Waals surface area contributed by atoms with Crippen LogP contribution in [-0.4, -0.2) is 20.3 Å². The maximum Gasteiger partial charge on any atom is 0.183 e. The Morgan fingerprint density at radius 2 is 1.88 bits per heavy atom. The molecule has 0 rings (SSSR count). The molecule has 0 amide bonds. The van der Waals surface area contributed by atoms with Crippen molar-refractivity contribution >= 4 is 24.2 Å². The average Bonchev–Trinajstić information content (AvgIpc) is 1.59. The minimum atomic E-state index is -1.21. The van der Waals surface area contributed by atoms with Gasteiger partial charge < -0.3 is 4.43 Å². The normalized spacial score (nSPS) is 12.0. The lowest BCUT2D eigenvalue weighted by atomic mass is 10.9. The number of hydrogen-bond donors (Lipinski definition) is 0. The molecule has 0 spiro atoms. The number of alkyl halides is 1. The summed E-state index contributed by atoms with van der Waals surface area (Å²) in [5, 5.41) is 0.956. The Labute approximate surface area is 60.7 Å². The Hall–Kier alpha value is 0.657. The van der Waals surface area contributed by atoms with Gasteiger partial charge in [-0.15, -0.1) is 0 Å². The molecule has 0 aromatic carbocycles. The molecule has 0 bridgehead atoms. The first-order valence-corrected chi connectivity index (χ1v) is 7.29. The van der Waals surface area contributed by atoms with Crippen LogP contribution in [0.2, 0.25) is 19.6 Å². The van der Waals surface area contributed by atoms with E-state index in [0.29, 0.717) is 0 Å². The van der Waals surface area contributed by atoms with Gasteiger partial charge in [0.15, 0.2) is 8.32 Å². The van der Waals surface area contributed by atoms with E-state index in [1.165, 1.54) is 0 Å². The average molecular weight is 197 g/mol. The van der Waals surface area contributed by atoms with Crippen LogP contribution in [0.1, 0.15) is 0 Å². The second-order valence-electron chi connectivity index (χ2n) is 2.65. The van der Waals surface area contributed by atoms with Crippen molar-refractivity contribution in [1.82, 2.24) is 0 Å². The highest BCUT2D eigenvalue weighted by molar-refractivity contribution is 9.09. The maximum absolute atomic E-state index is 5.47. The Morgan fingerprint density at radius 3 is 2.00 bits per heavy atom. The van der Waals surface area contributed by atoms with E-state index in [-0.39, 0.29) is 0 Å². The quantitative estimate of drug-likeness (QED) is 0.498. The Kier molecular flexibility index (Phi) is 3.94. The van der Waals surface area contributed by atoms with Gasteiger partial charge in [0.2, 0.25) is 0 Å². The molecular weight excluding hydrogens is 184 g/mol. The van der Waals surface area contributed by atoms with E-state index in [0.717, 1.165) is 11.9 Å². The van der Waals surface area contributed by atoms with E-state index >= 15 is 0 Å². The fourth-order valence-corrected chi connectivity index (χ4v) is 1.52. The first-order chi connectivity index (χ1) is 3.56. The number of rotatable bonds is 3. The molecule has 3 heteroatoms. The first kappa shape index (κ1) is 8.66. The molecule has 0 aromatic rings. The van der Waals surface area contributed by atoms with E-state index in [1.54, 1.807) is 0 Å². The van der Waals surface area contributed by atoms with Crippen LogP contribution in [0, 0.1) is 0 Å². The summed E-state index contributed by atoms with van der Waals surface area (Å²) >= 11 is 3.30. The Bertz CT molecular complexity index is 59.9. The van der Waals surface area contributed by atoms with Gasteiger partial charge in [-0.3, -0.25) is 0 Å². The van der Waals surface area contributed by atoms with Gasteiger partial charge in [0.1, 0.15) is 0 Å². The molecule has 0 fully saturated rings. The van der Waals surface area contributed by atoms with Crippen molar-refractivity contribution in [3.05, 3.63) is 0 Å². The van der Waals surface area contributed by atoms with Gasteiger partial charge in [0.05, 0.1) is 0 Å². The summed E-state index contributed by atoms with van der Waals surface area (Å²) in [6.07, 6.45) is 0. The highest BCUT2D eigenvalue weighted by Gasteiger charge is 2.12. The molecule has 1 nitrogen and oxygen atoms in total. The molecule has 50 valence electrons. The van der Waals surface area contributed by atoms with Gasteiger partial charge in [-0.2, -0.15) is 0 Å². The summed E-state index contributed by atoms with van der Waals surface area (Å²) in [7, 11) is -1.21. The lowest BCUT2D eigenvalue weighted by Crippen LogP contribution is -2.26. The third-order valence-corrected chi connectivity index (χ3v) is 2.01. The van der Waals surface area contributed by atoms with Gasteiger partial charge in [-0.05, 0) is 19.6 Å². The molecule has 0 saturated carbocycles. The molecule has 0 N–H and O–H groups in total. The Balaban J connectivity index is 3.11. The van der Waals surface area contributed by atoms with E-state index in [9.17, 15) is 0 Å². The SMILES string of the molecule is C[Si](C)(C)OCCBr. The van der Waals surface area contributed by atoms with Gasteiger partial charge in [0.25, 0.3) is 0 Å². The van der Waals surface area contributed by atoms with Crippen LogP contribution >= 0.6 is 15.9 Å². The molecule has 0 heterocycles. The van der Waals surface area contributed by atoms with E-state index in [2.05, 4.69) is 35.6 Å². The summed E-state index contributed by atoms with van der Waals surface area (Å²) in [5.74, 6) is 0. The maximum atomic E-state index is 5.47. The third kappa shape index (κ3) is 6.66. The lowest BCUT2D eigenvalue weighted by Gasteiger charge is -2.15. The highest BCUT2D eigenvalue weighted by Crippen LogP contribution is 2.01. The smallest absolute Gasteiger partial charge is 0.183 e. The molecule has 0 saturated heterocycles. The minimum Gasteiger partial charge on any atom is -0.417 e. The second kappa shape index (κ2) is 3.64. The van der Waals surface area contributed by atoms with Gasteiger partial charge >= 0.3 is 0 Å². The molecule has 0 radical (unpaired) electrons. The van der Waals surface area contributed by atoms with Crippen LogP contribution in [0.25, 0.3) is 0 Å². The van der Waals surface area contributed by atoms with Crippen molar-refractivity contribution < 1.29 is 4.43 Å². The van der Waals surface area contributed by atoms with Crippen molar-refractivity contribution in [3.63, 3.8) is 0 Å². The van der Waals surface area contributed by atoms with Gasteiger partial charge in [-0.25, -0.2) is 0 Å². The zero-order valence-corrected chi connectivity index (χ0v) is 8.29. The Morgan fingerprint density at radius 1 is 1.38 bits per heavy atom. The van der Waals surface area contributed by atoms with Crippen molar-refractivity contribution in [1.29, 1.82) is 0 Å². The number of hydrogen-bond acceptors (Lipinski definition) is 1. The molecule has 8 heavy (non-hydrogen) atoms. The monoisotopic (exact) mass is 196 g/mol. The van der Waals surface area contributed by atoms with Crippen molar-refractivity contribution in [2.45, 2.75) is 19.6 Å². The topological polar surface area (TPSA) is 9.23 Å². The summed E-state index contributed by atoms with van der Waals surface area (Å²) < 4.78 is 5.47. The van der Waals surface area contributed by atoms with Crippen molar-refractivity contribution in [3.8, 4) is 0 Å². The van der Waals surface area contributed by atoms with Gasteiger partial charge in [0, 0.05) is 11.9 Å². The van der Waals surface area contributed by atoms with Crippen molar-refractivity contribution in [2.75, 3.05) is 11.9 Å². The molecular formula is C5H13BrOSi. The molecule has 0 unspecified atom stereocenters. The van der Waals surface area contributed by atoms with Crippen LogP contribution in [0.15, 0.2) is 0 Å². The summed E-state index contributed by atoms with van der Waals surface area (Å²) in [4.78, 5) is 0. The zero-order valence-electron chi connectivity index (χ0n) is 5.70. The number of halogens is 1. The van der Waals surface area contributed by atoms with Crippen LogP contribution in [0.3, 0.4) is 0 Å². The standard InChI is InChI=1S/C5H13BrOSi/c1-8(2,3)7-5-4-6/h4-5H2,1-3H3. The van der Waals surface area contributed by atoms with Gasteiger partial charge in [-0.1, -0.05) is 15.9 Å². The summed E-state index contributed by atoms with van der Waals surface area (Å²) in [5.41, 5.74) is 0. The molecule has 0 aliphatic heterocycles. The predicted octanol–water partition coefficient (Wildman–Crippen LogP) is 2.23. The summed E-state index contributed by atoms with van der Waals surface area (Å²) in [6.45, 7) is 7.43. The van der Waals surface area contributed by atoms with Crippen LogP contribution in [0.4, 0.5) is 0 Å². The van der Waals surface area contributed by atoms with Crippen LogP contribution < -0.4 is 0 Å². The minimum absolute atomic E-state index is 0.857. The molecule has 0 atom stereocenters. The van der Waals surface area contributed by atoms with Crippen LogP contribution in [-0.2, 0) is 4.43 Å². The fraction of sp³-hybridized carbons (Fsp3) is 1.00. The van der Waals surface area contributed by atoms with E-state index in [4.69, 9.17) is 4.43 Å². The predicted molar refractivity (Wildman–Crippen MR) is 43.1 cm³/mol. The largest absolute Gasteiger partial charge is 0.417 e. The first-order valence-electron chi connectivity index (χ1n) is 2.76. The molecule has 0 aliphatic carbocycles. The lowest BCUT2D eigenvalue weighted by molar-refractivity contribution is 0.339. The zero-order chi connectivity index (χ0) is 6.62. The van der Waals surface area contributed by atoms with E-state index in [1.807, 2.05) is 0 Å². The second-order valence-corrected chi connectivity index (χ2v) is 7.96. The fourth-order valence-electron chi connectivity index (χ4n) is 0.345. The van der Waals surface area contributed by atoms with E-state index < -0.39 is 8.32 Å². The highest BCUT2D eigenvalue weighted by atomic mass is 79.9.